The Bertz CT molecular complexity index is 1550. The fourth-order valence-corrected chi connectivity index (χ4v) is 5.60. The molecule has 0 bridgehead atoms. The van der Waals surface area contributed by atoms with Crippen LogP contribution in [0.15, 0.2) is 83.9 Å². The number of aromatic nitrogens is 1. The number of ether oxygens (including phenoxy) is 1. The Morgan fingerprint density at radius 2 is 1.86 bits per heavy atom. The number of carbonyl (C=O) groups is 2. The minimum Gasteiger partial charge on any atom is -0.489 e. The van der Waals surface area contributed by atoms with Crippen molar-refractivity contribution in [2.24, 2.45) is 0 Å². The number of hydrogen-bond donors (Lipinski definition) is 3. The molecule has 2 unspecified atom stereocenters. The van der Waals surface area contributed by atoms with Gasteiger partial charge >= 0.3 is 6.03 Å². The van der Waals surface area contributed by atoms with Crippen LogP contribution >= 0.6 is 11.3 Å². The molecule has 3 amide bonds. The molecule has 2 atom stereocenters. The van der Waals surface area contributed by atoms with E-state index in [4.69, 9.17) is 9.57 Å². The predicted molar refractivity (Wildman–Crippen MR) is 140 cm³/mol. The summed E-state index contributed by atoms with van der Waals surface area (Å²) in [4.78, 5) is 36.0. The number of rotatable bonds is 6. The fraction of sp³-hybridized carbons (Fsp3) is 0.179. The lowest BCUT2D eigenvalue weighted by molar-refractivity contribution is -0.122. The number of nitrogens with one attached hydrogen (secondary N) is 3. The third kappa shape index (κ3) is 3.92. The van der Waals surface area contributed by atoms with E-state index < -0.39 is 23.1 Å². The minimum atomic E-state index is -1.26. The van der Waals surface area contributed by atoms with Gasteiger partial charge in [0, 0.05) is 21.5 Å². The molecular weight excluding hydrogens is 488 g/mol. The van der Waals surface area contributed by atoms with Crippen molar-refractivity contribution in [3.8, 4) is 5.75 Å². The summed E-state index contributed by atoms with van der Waals surface area (Å²) in [6, 6.07) is 21.2. The molecule has 37 heavy (non-hydrogen) atoms. The maximum absolute atomic E-state index is 12.5. The number of amides is 3. The first-order valence-corrected chi connectivity index (χ1v) is 12.7. The van der Waals surface area contributed by atoms with E-state index in [0.717, 1.165) is 32.6 Å². The molecule has 0 radical (unpaired) electrons. The highest BCUT2D eigenvalue weighted by atomic mass is 32.1. The van der Waals surface area contributed by atoms with Crippen LogP contribution in [0.1, 0.15) is 28.6 Å². The summed E-state index contributed by atoms with van der Waals surface area (Å²) in [5.74, 6) is 0.276. The van der Waals surface area contributed by atoms with Crippen LogP contribution in [0.2, 0.25) is 0 Å². The molecule has 6 rings (SSSR count). The third-order valence-electron chi connectivity index (χ3n) is 6.75. The topological polar surface area (TPSA) is 102 Å². The molecule has 0 aliphatic carbocycles. The highest BCUT2D eigenvalue weighted by Gasteiger charge is 2.51. The van der Waals surface area contributed by atoms with E-state index >= 15 is 0 Å². The van der Waals surface area contributed by atoms with E-state index in [0.29, 0.717) is 18.1 Å². The second kappa shape index (κ2) is 8.72. The van der Waals surface area contributed by atoms with Crippen molar-refractivity contribution in [3.05, 3.63) is 106 Å². The zero-order valence-corrected chi connectivity index (χ0v) is 21.0. The molecule has 8 nitrogen and oxygen atoms in total. The molecule has 2 aromatic heterocycles. The molecule has 1 saturated heterocycles. The van der Waals surface area contributed by atoms with Crippen LogP contribution in [0.4, 0.5) is 4.79 Å². The first-order chi connectivity index (χ1) is 17.9. The van der Waals surface area contributed by atoms with Crippen LogP contribution < -0.4 is 20.9 Å². The van der Waals surface area contributed by atoms with Gasteiger partial charge in [-0.1, -0.05) is 36.4 Å². The summed E-state index contributed by atoms with van der Waals surface area (Å²) in [6.45, 7) is 4.03. The lowest BCUT2D eigenvalue weighted by atomic mass is 9.88. The Morgan fingerprint density at radius 3 is 2.59 bits per heavy atom. The summed E-state index contributed by atoms with van der Waals surface area (Å²) in [7, 11) is 0. The standard InChI is InChI=1S/C28H24N4O4S/c1-17-14-18(21-6-3-4-7-22(21)29-17)16-35-20-11-9-19(10-12-20)28(24-8-5-13-37-24)15-23(32-36-28)27(2)25(33)30-26(34)31-27/h3-15,32H,16H2,1-2H3,(H2,30,31,33,34). The van der Waals surface area contributed by atoms with Gasteiger partial charge in [-0.15, -0.1) is 11.3 Å². The van der Waals surface area contributed by atoms with E-state index in [2.05, 4.69) is 27.2 Å². The fourth-order valence-electron chi connectivity index (χ4n) is 4.75. The van der Waals surface area contributed by atoms with Gasteiger partial charge in [-0.05, 0) is 61.2 Å². The number of pyridine rings is 1. The summed E-state index contributed by atoms with van der Waals surface area (Å²) >= 11 is 1.54. The van der Waals surface area contributed by atoms with Gasteiger partial charge in [0.2, 0.25) is 0 Å². The van der Waals surface area contributed by atoms with E-state index in [-0.39, 0.29) is 0 Å². The van der Waals surface area contributed by atoms with Gasteiger partial charge in [0.05, 0.1) is 11.2 Å². The molecule has 2 aliphatic rings. The number of thiophene rings is 1. The molecule has 1 fully saturated rings. The third-order valence-corrected chi connectivity index (χ3v) is 7.73. The molecule has 3 N–H and O–H groups in total. The first kappa shape index (κ1) is 23.2. The lowest BCUT2D eigenvalue weighted by Gasteiger charge is -2.25. The number of fused-ring (bicyclic) bond motifs is 1. The Balaban J connectivity index is 1.29. The molecule has 4 heterocycles. The molecule has 186 valence electrons. The summed E-state index contributed by atoms with van der Waals surface area (Å²) in [5.41, 5.74) is 4.95. The molecule has 9 heteroatoms. The van der Waals surface area contributed by atoms with Crippen molar-refractivity contribution in [2.75, 3.05) is 0 Å². The molecule has 2 aliphatic heterocycles. The number of nitrogens with zero attached hydrogens (tertiary/aromatic N) is 1. The largest absolute Gasteiger partial charge is 0.489 e. The van der Waals surface area contributed by atoms with Gasteiger partial charge in [0.15, 0.2) is 11.1 Å². The Morgan fingerprint density at radius 1 is 1.05 bits per heavy atom. The average Bonchev–Trinajstić information content (AvgIpc) is 3.63. The Kier molecular flexibility index (Phi) is 5.47. The zero-order chi connectivity index (χ0) is 25.6. The monoisotopic (exact) mass is 512 g/mol. The number of imide groups is 1. The molecule has 0 spiro atoms. The first-order valence-electron chi connectivity index (χ1n) is 11.8. The van der Waals surface area contributed by atoms with Gasteiger partial charge in [0.1, 0.15) is 12.4 Å². The van der Waals surface area contributed by atoms with E-state index in [1.54, 1.807) is 6.92 Å². The maximum Gasteiger partial charge on any atom is 0.322 e. The normalized spacial score (nSPS) is 22.9. The zero-order valence-electron chi connectivity index (χ0n) is 20.2. The lowest BCUT2D eigenvalue weighted by Crippen LogP contribution is -2.48. The number of hydrogen-bond acceptors (Lipinski definition) is 7. The van der Waals surface area contributed by atoms with Crippen LogP contribution in [0.5, 0.6) is 5.75 Å². The van der Waals surface area contributed by atoms with Crippen LogP contribution in [0.3, 0.4) is 0 Å². The number of hydroxylamine groups is 1. The number of benzene rings is 2. The average molecular weight is 513 g/mol. The van der Waals surface area contributed by atoms with E-state index in [1.165, 1.54) is 11.3 Å². The van der Waals surface area contributed by atoms with Crippen molar-refractivity contribution < 1.29 is 19.2 Å². The molecule has 2 aromatic carbocycles. The van der Waals surface area contributed by atoms with E-state index in [1.807, 2.05) is 79.0 Å². The molecular formula is C28H24N4O4S. The second-order valence-electron chi connectivity index (χ2n) is 9.26. The summed E-state index contributed by atoms with van der Waals surface area (Å²) < 4.78 is 6.14. The van der Waals surface area contributed by atoms with Crippen LogP contribution in [-0.4, -0.2) is 22.5 Å². The number of aryl methyl sites for hydroxylation is 1. The van der Waals surface area contributed by atoms with Crippen molar-refractivity contribution in [2.45, 2.75) is 31.6 Å². The predicted octanol–water partition coefficient (Wildman–Crippen LogP) is 4.44. The van der Waals surface area contributed by atoms with Crippen molar-refractivity contribution in [3.63, 3.8) is 0 Å². The highest BCUT2D eigenvalue weighted by Crippen LogP contribution is 2.43. The SMILES string of the molecule is Cc1cc(COc2ccc(C3(c4cccs4)C=C(C4(C)NC(=O)NC4=O)NO3)cc2)c2ccccc2n1. The minimum absolute atomic E-state index is 0.411. The van der Waals surface area contributed by atoms with Crippen LogP contribution in [0, 0.1) is 6.92 Å². The highest BCUT2D eigenvalue weighted by molar-refractivity contribution is 7.10. The maximum atomic E-state index is 12.5. The van der Waals surface area contributed by atoms with Gasteiger partial charge in [-0.2, -0.15) is 0 Å². The molecule has 0 saturated carbocycles. The summed E-state index contributed by atoms with van der Waals surface area (Å²) in [6.07, 6.45) is 1.85. The number of urea groups is 1. The van der Waals surface area contributed by atoms with Gasteiger partial charge < -0.3 is 10.1 Å². The van der Waals surface area contributed by atoms with Crippen molar-refractivity contribution >= 4 is 34.2 Å². The molecule has 4 aromatic rings. The number of carbonyl (C=O) groups excluding carboxylic acids is 2. The Labute approximate surface area is 217 Å². The van der Waals surface area contributed by atoms with Gasteiger partial charge in [-0.3, -0.25) is 25.4 Å². The van der Waals surface area contributed by atoms with Crippen LogP contribution in [-0.2, 0) is 21.8 Å². The van der Waals surface area contributed by atoms with Crippen molar-refractivity contribution in [1.29, 1.82) is 0 Å². The van der Waals surface area contributed by atoms with Gasteiger partial charge in [0.25, 0.3) is 5.91 Å². The van der Waals surface area contributed by atoms with Gasteiger partial charge in [-0.25, -0.2) is 4.79 Å². The van der Waals surface area contributed by atoms with Crippen LogP contribution in [0.25, 0.3) is 10.9 Å². The Hall–Kier alpha value is -4.21. The number of para-hydroxylation sites is 1. The smallest absolute Gasteiger partial charge is 0.322 e. The second-order valence-corrected chi connectivity index (χ2v) is 10.2. The van der Waals surface area contributed by atoms with Crippen molar-refractivity contribution in [1.82, 2.24) is 21.1 Å². The quantitative estimate of drug-likeness (QED) is 0.330. The summed E-state index contributed by atoms with van der Waals surface area (Å²) in [5, 5.41) is 8.01. The van der Waals surface area contributed by atoms with E-state index in [9.17, 15) is 9.59 Å².